The highest BCUT2D eigenvalue weighted by Gasteiger charge is 2.33. The minimum Gasteiger partial charge on any atom is -0.297 e. The summed E-state index contributed by atoms with van der Waals surface area (Å²) in [7, 11) is 0. The highest BCUT2D eigenvalue weighted by molar-refractivity contribution is 5.28. The van der Waals surface area contributed by atoms with E-state index >= 15 is 0 Å². The number of rotatable bonds is 7. The highest BCUT2D eigenvalue weighted by Crippen LogP contribution is 2.23. The van der Waals surface area contributed by atoms with Crippen LogP contribution in [0.4, 0.5) is 4.39 Å². The number of nitrogens with zero attached hydrogens (tertiary/aromatic N) is 1. The van der Waals surface area contributed by atoms with Crippen molar-refractivity contribution in [2.45, 2.75) is 52.6 Å². The van der Waals surface area contributed by atoms with Gasteiger partial charge in [-0.15, -0.1) is 0 Å². The first-order valence-corrected chi connectivity index (χ1v) is 7.33. The lowest BCUT2D eigenvalue weighted by Gasteiger charge is -2.43. The van der Waals surface area contributed by atoms with E-state index in [2.05, 4.69) is 38.0 Å². The van der Waals surface area contributed by atoms with Crippen molar-refractivity contribution in [2.24, 2.45) is 5.84 Å². The van der Waals surface area contributed by atoms with E-state index in [1.165, 1.54) is 6.07 Å². The highest BCUT2D eigenvalue weighted by atomic mass is 19.1. The molecule has 0 amide bonds. The molecule has 0 aliphatic rings. The maximum atomic E-state index is 13.4. The summed E-state index contributed by atoms with van der Waals surface area (Å²) in [5.74, 6) is 5.58. The smallest absolute Gasteiger partial charge is 0.123 e. The van der Waals surface area contributed by atoms with Crippen molar-refractivity contribution in [2.75, 3.05) is 13.1 Å². The van der Waals surface area contributed by atoms with Gasteiger partial charge in [0.2, 0.25) is 0 Å². The number of hydrazine groups is 1. The fraction of sp³-hybridized carbons (Fsp3) is 0.625. The predicted octanol–water partition coefficient (Wildman–Crippen LogP) is 2.63. The normalized spacial score (nSPS) is 13.8. The van der Waals surface area contributed by atoms with Crippen LogP contribution in [0.3, 0.4) is 0 Å². The van der Waals surface area contributed by atoms with Gasteiger partial charge >= 0.3 is 0 Å². The molecule has 1 unspecified atom stereocenters. The number of hydrogen-bond acceptors (Lipinski definition) is 3. The van der Waals surface area contributed by atoms with E-state index < -0.39 is 0 Å². The average Bonchev–Trinajstić information content (AvgIpc) is 2.40. The fourth-order valence-corrected chi connectivity index (χ4v) is 2.85. The molecule has 0 aliphatic carbocycles. The van der Waals surface area contributed by atoms with E-state index in [0.717, 1.165) is 24.2 Å². The summed E-state index contributed by atoms with van der Waals surface area (Å²) in [4.78, 5) is 2.37. The zero-order valence-corrected chi connectivity index (χ0v) is 13.3. The Morgan fingerprint density at radius 2 is 1.90 bits per heavy atom. The number of nitrogens with two attached hydrogens (primary N) is 1. The molecule has 1 aromatic rings. The molecule has 0 saturated heterocycles. The monoisotopic (exact) mass is 281 g/mol. The lowest BCUT2D eigenvalue weighted by atomic mass is 9.86. The van der Waals surface area contributed by atoms with Gasteiger partial charge in [0.25, 0.3) is 0 Å². The van der Waals surface area contributed by atoms with E-state index in [9.17, 15) is 4.39 Å². The molecule has 0 heterocycles. The van der Waals surface area contributed by atoms with Crippen LogP contribution in [0.1, 0.15) is 38.8 Å². The molecule has 1 rings (SSSR count). The van der Waals surface area contributed by atoms with Crippen molar-refractivity contribution in [1.29, 1.82) is 0 Å². The first-order chi connectivity index (χ1) is 9.36. The van der Waals surface area contributed by atoms with Gasteiger partial charge in [-0.3, -0.25) is 16.2 Å². The second-order valence-corrected chi connectivity index (χ2v) is 5.82. The quantitative estimate of drug-likeness (QED) is 0.596. The van der Waals surface area contributed by atoms with Crippen molar-refractivity contribution >= 4 is 0 Å². The molecule has 20 heavy (non-hydrogen) atoms. The Morgan fingerprint density at radius 1 is 1.30 bits per heavy atom. The van der Waals surface area contributed by atoms with Crippen LogP contribution in [0, 0.1) is 12.7 Å². The Bertz CT molecular complexity index is 428. The molecule has 0 saturated carbocycles. The van der Waals surface area contributed by atoms with Crippen molar-refractivity contribution in [1.82, 2.24) is 10.3 Å². The second-order valence-electron chi connectivity index (χ2n) is 5.82. The van der Waals surface area contributed by atoms with E-state index in [4.69, 9.17) is 5.84 Å². The molecule has 0 fully saturated rings. The minimum atomic E-state index is -0.193. The summed E-state index contributed by atoms with van der Waals surface area (Å²) >= 11 is 0. The molecule has 114 valence electrons. The van der Waals surface area contributed by atoms with Crippen LogP contribution in [0.5, 0.6) is 0 Å². The van der Waals surface area contributed by atoms with Crippen molar-refractivity contribution in [3.05, 3.63) is 35.1 Å². The van der Waals surface area contributed by atoms with Crippen LogP contribution < -0.4 is 11.3 Å². The number of benzene rings is 1. The van der Waals surface area contributed by atoms with Gasteiger partial charge in [-0.2, -0.15) is 0 Å². The Labute approximate surface area is 122 Å². The SMILES string of the molecule is CCN(CC)C(C)(C)C(Cc1cc(F)ccc1C)NN. The van der Waals surface area contributed by atoms with E-state index in [0.29, 0.717) is 6.42 Å². The summed E-state index contributed by atoms with van der Waals surface area (Å²) in [6, 6.07) is 4.99. The van der Waals surface area contributed by atoms with Crippen molar-refractivity contribution < 1.29 is 4.39 Å². The molecule has 1 aromatic carbocycles. The molecule has 3 N–H and O–H groups in total. The topological polar surface area (TPSA) is 41.3 Å². The molecule has 3 nitrogen and oxygen atoms in total. The number of nitrogens with one attached hydrogen (secondary N) is 1. The third-order valence-electron chi connectivity index (χ3n) is 4.37. The molecule has 0 bridgehead atoms. The van der Waals surface area contributed by atoms with Crippen molar-refractivity contribution in [3.8, 4) is 0 Å². The summed E-state index contributed by atoms with van der Waals surface area (Å²) in [6.45, 7) is 12.6. The Balaban J connectivity index is 2.99. The second kappa shape index (κ2) is 7.16. The fourth-order valence-electron chi connectivity index (χ4n) is 2.85. The summed E-state index contributed by atoms with van der Waals surface area (Å²) in [5, 5.41) is 0. The number of halogens is 1. The largest absolute Gasteiger partial charge is 0.297 e. The van der Waals surface area contributed by atoms with Crippen molar-refractivity contribution in [3.63, 3.8) is 0 Å². The number of hydrogen-bond donors (Lipinski definition) is 2. The zero-order chi connectivity index (χ0) is 15.3. The van der Waals surface area contributed by atoms with Gasteiger partial charge < -0.3 is 0 Å². The Kier molecular flexibility index (Phi) is 6.11. The molecule has 1 atom stereocenters. The molecule has 4 heteroatoms. The van der Waals surface area contributed by atoms with Gasteiger partial charge in [0, 0.05) is 11.6 Å². The van der Waals surface area contributed by atoms with Gasteiger partial charge in [-0.1, -0.05) is 19.9 Å². The zero-order valence-electron chi connectivity index (χ0n) is 13.3. The van der Waals surface area contributed by atoms with Gasteiger partial charge in [-0.25, -0.2) is 4.39 Å². The summed E-state index contributed by atoms with van der Waals surface area (Å²) < 4.78 is 13.4. The van der Waals surface area contributed by atoms with Crippen LogP contribution in [-0.4, -0.2) is 29.6 Å². The first kappa shape index (κ1) is 17.1. The van der Waals surface area contributed by atoms with Gasteiger partial charge in [0.1, 0.15) is 5.82 Å². The molecule has 0 aromatic heterocycles. The predicted molar refractivity (Wildman–Crippen MR) is 83.0 cm³/mol. The lowest BCUT2D eigenvalue weighted by Crippen LogP contribution is -2.60. The maximum absolute atomic E-state index is 13.4. The standard InChI is InChI=1S/C16H28FN3/c1-6-20(7-2)16(4,5)15(19-18)11-13-10-14(17)9-8-12(13)3/h8-10,15,19H,6-7,11,18H2,1-5H3. The van der Waals surface area contributed by atoms with Gasteiger partial charge in [-0.05, 0) is 63.5 Å². The van der Waals surface area contributed by atoms with Crippen LogP contribution in [-0.2, 0) is 6.42 Å². The maximum Gasteiger partial charge on any atom is 0.123 e. The average molecular weight is 281 g/mol. The third kappa shape index (κ3) is 3.78. The van der Waals surface area contributed by atoms with E-state index in [1.54, 1.807) is 6.07 Å². The van der Waals surface area contributed by atoms with E-state index in [1.807, 2.05) is 13.0 Å². The van der Waals surface area contributed by atoms with Gasteiger partial charge in [0.15, 0.2) is 0 Å². The van der Waals surface area contributed by atoms with E-state index in [-0.39, 0.29) is 17.4 Å². The van der Waals surface area contributed by atoms with Gasteiger partial charge in [0.05, 0.1) is 0 Å². The Hall–Kier alpha value is -0.970. The molecule has 0 spiro atoms. The van der Waals surface area contributed by atoms with Crippen LogP contribution in [0.25, 0.3) is 0 Å². The Morgan fingerprint density at radius 3 is 2.40 bits per heavy atom. The first-order valence-electron chi connectivity index (χ1n) is 7.33. The third-order valence-corrected chi connectivity index (χ3v) is 4.37. The van der Waals surface area contributed by atoms with Crippen LogP contribution in [0.15, 0.2) is 18.2 Å². The van der Waals surface area contributed by atoms with Crippen LogP contribution in [0.2, 0.25) is 0 Å². The summed E-state index contributed by atoms with van der Waals surface area (Å²) in [6.07, 6.45) is 0.712. The lowest BCUT2D eigenvalue weighted by molar-refractivity contribution is 0.0911. The molecule has 0 aliphatic heterocycles. The summed E-state index contributed by atoms with van der Waals surface area (Å²) in [5.41, 5.74) is 4.93. The number of likely N-dealkylation sites (N-methyl/N-ethyl adjacent to an activating group) is 1. The minimum absolute atomic E-state index is 0.0582. The van der Waals surface area contributed by atoms with Crippen LogP contribution >= 0.6 is 0 Å². The number of aryl methyl sites for hydroxylation is 1. The molecular formula is C16H28FN3. The molecule has 0 radical (unpaired) electrons. The molecular weight excluding hydrogens is 253 g/mol.